The van der Waals surface area contributed by atoms with Gasteiger partial charge in [0.05, 0.1) is 16.5 Å². The molecule has 0 amide bonds. The first-order valence-electron chi connectivity index (χ1n) is 16.8. The third-order valence-corrected chi connectivity index (χ3v) is 11.2. The van der Waals surface area contributed by atoms with Gasteiger partial charge in [0.15, 0.2) is 0 Å². The van der Waals surface area contributed by atoms with E-state index in [1.54, 1.807) is 0 Å². The highest BCUT2D eigenvalue weighted by Gasteiger charge is 2.25. The van der Waals surface area contributed by atoms with Crippen LogP contribution in [-0.4, -0.2) is 0 Å². The zero-order chi connectivity index (χ0) is 32.8. The van der Waals surface area contributed by atoms with Crippen LogP contribution in [0, 0.1) is 0 Å². The number of hydrogen-bond acceptors (Lipinski definition) is 4. The summed E-state index contributed by atoms with van der Waals surface area (Å²) in [6.45, 7) is 0. The Hall–Kier alpha value is -6.36. The molecule has 4 heteroatoms. The molecule has 0 bridgehead atoms. The zero-order valence-corrected chi connectivity index (χ0v) is 27.6. The van der Waals surface area contributed by atoms with E-state index in [1.807, 2.05) is 23.5 Å². The van der Waals surface area contributed by atoms with Gasteiger partial charge in [-0.25, -0.2) is 0 Å². The van der Waals surface area contributed by atoms with Crippen molar-refractivity contribution in [2.75, 3.05) is 4.90 Å². The van der Waals surface area contributed by atoms with Crippen molar-refractivity contribution in [1.29, 1.82) is 0 Å². The molecule has 50 heavy (non-hydrogen) atoms. The van der Waals surface area contributed by atoms with Crippen molar-refractivity contribution < 1.29 is 8.83 Å². The van der Waals surface area contributed by atoms with E-state index in [-0.39, 0.29) is 0 Å². The molecule has 0 aliphatic heterocycles. The lowest BCUT2D eigenvalue weighted by molar-refractivity contribution is 0.665. The maximum Gasteiger partial charge on any atom is 0.147 e. The van der Waals surface area contributed by atoms with E-state index in [0.717, 1.165) is 71.7 Å². The van der Waals surface area contributed by atoms with Gasteiger partial charge < -0.3 is 13.7 Å². The fourth-order valence-corrected chi connectivity index (χ4v) is 8.96. The van der Waals surface area contributed by atoms with Crippen LogP contribution in [0.1, 0.15) is 0 Å². The Morgan fingerprint density at radius 1 is 0.380 bits per heavy atom. The second-order valence-corrected chi connectivity index (χ2v) is 13.9. The molecule has 0 radical (unpaired) electrons. The average Bonchev–Trinajstić information content (AvgIpc) is 3.87. The predicted octanol–water partition coefficient (Wildman–Crippen LogP) is 14.1. The summed E-state index contributed by atoms with van der Waals surface area (Å²) in [6, 6.07) is 58.2. The number of hydrogen-bond donors (Lipinski definition) is 0. The summed E-state index contributed by atoms with van der Waals surface area (Å²) in [5.41, 5.74) is 9.02. The second kappa shape index (κ2) is 10.6. The van der Waals surface area contributed by atoms with Crippen molar-refractivity contribution in [3.05, 3.63) is 164 Å². The zero-order valence-electron chi connectivity index (χ0n) is 26.8. The quantitative estimate of drug-likeness (QED) is 0.189. The number of fused-ring (bicyclic) bond motifs is 13. The molecule has 8 aromatic carbocycles. The highest BCUT2D eigenvalue weighted by Crippen LogP contribution is 2.49. The fraction of sp³-hybridized carbons (Fsp3) is 0. The fourth-order valence-electron chi connectivity index (χ4n) is 7.82. The molecular weight excluding hydrogens is 631 g/mol. The minimum absolute atomic E-state index is 0.842. The maximum atomic E-state index is 6.91. The van der Waals surface area contributed by atoms with Gasteiger partial charge in [-0.05, 0) is 65.0 Å². The SMILES string of the molecule is c1ccc(-c2ccc(N(c3ccc4c(c3)sc3ccccc34)c3cccc4oc5c6c7ccccc7oc6c6ccccc6c5c34)cc2)cc1. The first-order chi connectivity index (χ1) is 24.8. The average molecular weight is 658 g/mol. The highest BCUT2D eigenvalue weighted by atomic mass is 32.1. The molecule has 0 aliphatic carbocycles. The summed E-state index contributed by atoms with van der Waals surface area (Å²) in [7, 11) is 0. The van der Waals surface area contributed by atoms with Crippen molar-refractivity contribution in [2.45, 2.75) is 0 Å². The number of anilines is 3. The van der Waals surface area contributed by atoms with Gasteiger partial charge in [0.1, 0.15) is 22.3 Å². The Balaban J connectivity index is 1.23. The molecule has 0 saturated heterocycles. The predicted molar refractivity (Wildman–Crippen MR) is 212 cm³/mol. The maximum absolute atomic E-state index is 6.91. The summed E-state index contributed by atoms with van der Waals surface area (Å²) in [6.07, 6.45) is 0. The Bertz CT molecular complexity index is 3090. The molecule has 0 N–H and O–H groups in total. The van der Waals surface area contributed by atoms with Crippen LogP contribution in [0.5, 0.6) is 0 Å². The van der Waals surface area contributed by atoms with Crippen LogP contribution >= 0.6 is 11.3 Å². The van der Waals surface area contributed by atoms with Gasteiger partial charge in [-0.3, -0.25) is 0 Å². The van der Waals surface area contributed by atoms with Gasteiger partial charge in [-0.1, -0.05) is 115 Å². The molecule has 11 rings (SSSR count). The van der Waals surface area contributed by atoms with Gasteiger partial charge in [0, 0.05) is 47.7 Å². The van der Waals surface area contributed by atoms with Crippen LogP contribution in [0.3, 0.4) is 0 Å². The van der Waals surface area contributed by atoms with E-state index in [4.69, 9.17) is 8.83 Å². The van der Waals surface area contributed by atoms with Crippen LogP contribution in [-0.2, 0) is 0 Å². The lowest BCUT2D eigenvalue weighted by Crippen LogP contribution is -2.10. The van der Waals surface area contributed by atoms with E-state index in [9.17, 15) is 0 Å². The molecule has 0 fully saturated rings. The van der Waals surface area contributed by atoms with E-state index in [2.05, 4.69) is 157 Å². The molecule has 11 aromatic rings. The first kappa shape index (κ1) is 27.6. The standard InChI is InChI=1S/C46H27NO2S/c1-2-11-28(12-3-1)29-21-23-30(24-22-29)47(31-25-26-33-32-13-7-9-20-40(32)50-41(33)27-31)37-17-10-19-39-44(37)42-34-14-4-5-15-35(34)45-43(46(42)49-39)36-16-6-8-18-38(36)48-45/h1-27H. The molecule has 3 nitrogen and oxygen atoms in total. The summed E-state index contributed by atoms with van der Waals surface area (Å²) in [4.78, 5) is 2.39. The molecule has 3 aromatic heterocycles. The molecule has 3 heterocycles. The van der Waals surface area contributed by atoms with Crippen molar-refractivity contribution in [2.24, 2.45) is 0 Å². The molecule has 0 aliphatic rings. The molecule has 0 spiro atoms. The Morgan fingerprint density at radius 3 is 1.88 bits per heavy atom. The van der Waals surface area contributed by atoms with Gasteiger partial charge in [0.2, 0.25) is 0 Å². The van der Waals surface area contributed by atoms with Gasteiger partial charge in [-0.15, -0.1) is 11.3 Å². The Labute approximate surface area is 290 Å². The normalized spacial score (nSPS) is 12.0. The molecule has 0 saturated carbocycles. The third-order valence-electron chi connectivity index (χ3n) is 10.1. The first-order valence-corrected chi connectivity index (χ1v) is 17.7. The molecule has 234 valence electrons. The summed E-state index contributed by atoms with van der Waals surface area (Å²) < 4.78 is 16.0. The van der Waals surface area contributed by atoms with Crippen LogP contribution in [0.2, 0.25) is 0 Å². The van der Waals surface area contributed by atoms with E-state index in [1.165, 1.54) is 31.3 Å². The number of furan rings is 2. The van der Waals surface area contributed by atoms with Crippen LogP contribution in [0.4, 0.5) is 17.1 Å². The van der Waals surface area contributed by atoms with Crippen molar-refractivity contribution in [3.8, 4) is 11.1 Å². The van der Waals surface area contributed by atoms with E-state index in [0.29, 0.717) is 0 Å². The lowest BCUT2D eigenvalue weighted by Gasteiger charge is -2.26. The number of rotatable bonds is 4. The largest absolute Gasteiger partial charge is 0.455 e. The van der Waals surface area contributed by atoms with Crippen molar-refractivity contribution in [1.82, 2.24) is 0 Å². The Kier molecular flexibility index (Phi) is 5.83. The van der Waals surface area contributed by atoms with Crippen LogP contribution in [0.15, 0.2) is 173 Å². The smallest absolute Gasteiger partial charge is 0.147 e. The number of thiophene rings is 1. The summed E-state index contributed by atoms with van der Waals surface area (Å²) >= 11 is 1.84. The second-order valence-electron chi connectivity index (χ2n) is 12.8. The van der Waals surface area contributed by atoms with Gasteiger partial charge in [0.25, 0.3) is 0 Å². The summed E-state index contributed by atoms with van der Waals surface area (Å²) in [5, 5.41) is 9.01. The minimum atomic E-state index is 0.842. The van der Waals surface area contributed by atoms with E-state index >= 15 is 0 Å². The lowest BCUT2D eigenvalue weighted by atomic mass is 9.98. The molecular formula is C46H27NO2S. The van der Waals surface area contributed by atoms with Crippen molar-refractivity contribution in [3.63, 3.8) is 0 Å². The van der Waals surface area contributed by atoms with Crippen LogP contribution in [0.25, 0.3) is 85.9 Å². The summed E-state index contributed by atoms with van der Waals surface area (Å²) in [5.74, 6) is 0. The topological polar surface area (TPSA) is 29.5 Å². The Morgan fingerprint density at radius 2 is 1.02 bits per heavy atom. The molecule has 0 unspecified atom stereocenters. The third kappa shape index (κ3) is 3.97. The van der Waals surface area contributed by atoms with Crippen molar-refractivity contribution >= 4 is 103 Å². The van der Waals surface area contributed by atoms with Crippen LogP contribution < -0.4 is 4.90 Å². The minimum Gasteiger partial charge on any atom is -0.455 e. The molecule has 0 atom stereocenters. The number of nitrogens with zero attached hydrogens (tertiary/aromatic N) is 1. The monoisotopic (exact) mass is 657 g/mol. The van der Waals surface area contributed by atoms with Gasteiger partial charge >= 0.3 is 0 Å². The van der Waals surface area contributed by atoms with Gasteiger partial charge in [-0.2, -0.15) is 0 Å². The number of benzene rings is 8. The van der Waals surface area contributed by atoms with E-state index < -0.39 is 0 Å². The number of para-hydroxylation sites is 1. The highest BCUT2D eigenvalue weighted by molar-refractivity contribution is 7.25.